The molecule has 2 aromatic carbocycles. The van der Waals surface area contributed by atoms with Crippen LogP contribution in [0.4, 0.5) is 0 Å². The lowest BCUT2D eigenvalue weighted by molar-refractivity contribution is -0.135. The minimum atomic E-state index is -1.45. The molecule has 15 N–H and O–H groups in total. The fourth-order valence-corrected chi connectivity index (χ4v) is 6.50. The molecule has 21 heteroatoms. The van der Waals surface area contributed by atoms with Gasteiger partial charge in [0.15, 0.2) is 0 Å². The number of unbranched alkanes of at least 4 members (excludes halogenated alkanes) is 1. The first-order valence-electron chi connectivity index (χ1n) is 18.9. The van der Waals surface area contributed by atoms with Gasteiger partial charge in [-0.1, -0.05) is 30.3 Å². The molecule has 19 nitrogen and oxygen atoms in total. The molecule has 7 amide bonds. The quantitative estimate of drug-likeness (QED) is 0.0327. The van der Waals surface area contributed by atoms with E-state index < -0.39 is 90.3 Å². The van der Waals surface area contributed by atoms with Crippen LogP contribution in [0.1, 0.15) is 37.3 Å². The molecule has 0 spiro atoms. The molecular formula is C38H54N10O9S2. The van der Waals surface area contributed by atoms with E-state index in [2.05, 4.69) is 62.1 Å². The maximum Gasteiger partial charge on any atom is 0.244 e. The summed E-state index contributed by atoms with van der Waals surface area (Å²) in [5, 5.41) is 35.9. The van der Waals surface area contributed by atoms with Gasteiger partial charge in [0, 0.05) is 41.4 Å². The van der Waals surface area contributed by atoms with E-state index in [-0.39, 0.29) is 43.1 Å². The molecule has 0 saturated carbocycles. The van der Waals surface area contributed by atoms with Crippen LogP contribution < -0.4 is 49.1 Å². The van der Waals surface area contributed by atoms with Gasteiger partial charge in [-0.15, -0.1) is 0 Å². The maximum absolute atomic E-state index is 14.3. The molecule has 7 atom stereocenters. The Balaban J connectivity index is 1.97. The van der Waals surface area contributed by atoms with Crippen molar-refractivity contribution in [2.24, 2.45) is 17.2 Å². The average molecular weight is 859 g/mol. The smallest absolute Gasteiger partial charge is 0.244 e. The second kappa shape index (κ2) is 23.9. The molecule has 0 fully saturated rings. The van der Waals surface area contributed by atoms with Gasteiger partial charge in [-0.3, -0.25) is 33.6 Å². The van der Waals surface area contributed by atoms with Gasteiger partial charge in [-0.25, -0.2) is 0 Å². The van der Waals surface area contributed by atoms with E-state index in [9.17, 15) is 43.8 Å². The Bertz CT molecular complexity index is 1910. The standard InChI is InChI=1S/C38H54N10O9S2/c1-20(49)32(33(41)52)48-38(57)30(19-59)47-34(53)26(8-4-5-13-39)44-36(55)28(15-22-17-42-25-7-3-2-6-24(22)25)46-35(54)27(14-21-9-11-23(50)12-10-21)45-37(56)29(18-58)43-31(51)16-40/h2-3,6-7,9-12,17,20,26-30,32,42,49-50,58-59H,4-5,8,13-16,18-19,39-40H2,1H3,(H2,41,52)(H,43,51)(H,44,55)(H,45,56)(H,46,54)(H,47,53)(H,48,57)/t20-,26+,27+,28-,29+,30+,32+/m1/s1. The number of aromatic nitrogens is 1. The summed E-state index contributed by atoms with van der Waals surface area (Å²) < 4.78 is 0. The number of aliphatic hydroxyl groups excluding tert-OH is 1. The fourth-order valence-electron chi connectivity index (χ4n) is 5.98. The molecule has 3 aromatic rings. The number of fused-ring (bicyclic) bond motifs is 1. The Morgan fingerprint density at radius 2 is 1.22 bits per heavy atom. The number of rotatable bonds is 24. The molecule has 0 aliphatic carbocycles. The van der Waals surface area contributed by atoms with E-state index in [1.165, 1.54) is 19.1 Å². The van der Waals surface area contributed by atoms with Crippen molar-refractivity contribution >= 4 is 77.5 Å². The number of phenolic OH excluding ortho intramolecular Hbond substituents is 1. The molecule has 0 aliphatic heterocycles. The molecule has 0 saturated heterocycles. The summed E-state index contributed by atoms with van der Waals surface area (Å²) in [6.07, 6.45) is 1.09. The van der Waals surface area contributed by atoms with Crippen LogP contribution >= 0.6 is 25.3 Å². The van der Waals surface area contributed by atoms with Crippen LogP contribution in [0.25, 0.3) is 10.9 Å². The van der Waals surface area contributed by atoms with E-state index in [4.69, 9.17) is 17.2 Å². The fraction of sp³-hybridized carbons (Fsp3) is 0.447. The Morgan fingerprint density at radius 1 is 0.695 bits per heavy atom. The van der Waals surface area contributed by atoms with E-state index in [0.29, 0.717) is 24.0 Å². The second-order valence-corrected chi connectivity index (χ2v) is 14.5. The van der Waals surface area contributed by atoms with Gasteiger partial charge in [0.2, 0.25) is 41.4 Å². The molecule has 0 radical (unpaired) electrons. The Labute approximate surface area is 351 Å². The molecule has 0 aliphatic rings. The first kappa shape index (κ1) is 48.0. The van der Waals surface area contributed by atoms with E-state index >= 15 is 0 Å². The number of H-pyrrole nitrogens is 1. The van der Waals surface area contributed by atoms with Gasteiger partial charge >= 0.3 is 0 Å². The number of nitrogens with one attached hydrogen (secondary N) is 7. The number of aliphatic hydroxyl groups is 1. The molecule has 59 heavy (non-hydrogen) atoms. The Kier molecular flexibility index (Phi) is 19.5. The van der Waals surface area contributed by atoms with Gasteiger partial charge in [0.05, 0.1) is 12.6 Å². The summed E-state index contributed by atoms with van der Waals surface area (Å²) in [7, 11) is 0. The summed E-state index contributed by atoms with van der Waals surface area (Å²) in [4.78, 5) is 95.7. The number of hydrogen-bond donors (Lipinski definition) is 14. The molecule has 322 valence electrons. The molecule has 0 unspecified atom stereocenters. The number of hydrogen-bond acceptors (Lipinski definition) is 13. The molecule has 1 heterocycles. The van der Waals surface area contributed by atoms with Gasteiger partial charge < -0.3 is 64.3 Å². The van der Waals surface area contributed by atoms with Crippen molar-refractivity contribution in [1.29, 1.82) is 0 Å². The highest BCUT2D eigenvalue weighted by Crippen LogP contribution is 2.20. The van der Waals surface area contributed by atoms with Crippen molar-refractivity contribution in [3.05, 3.63) is 65.9 Å². The highest BCUT2D eigenvalue weighted by molar-refractivity contribution is 7.80. The maximum atomic E-state index is 14.3. The Hall–Kier alpha value is -5.35. The number of benzene rings is 2. The number of para-hydroxylation sites is 1. The molecule has 3 rings (SSSR count). The summed E-state index contributed by atoms with van der Waals surface area (Å²) in [5.41, 5.74) is 18.3. The average Bonchev–Trinajstić information content (AvgIpc) is 3.62. The number of aromatic hydroxyl groups is 1. The van der Waals surface area contributed by atoms with Crippen molar-refractivity contribution in [2.45, 2.75) is 81.4 Å². The van der Waals surface area contributed by atoms with Crippen LogP contribution in [0.3, 0.4) is 0 Å². The van der Waals surface area contributed by atoms with Crippen molar-refractivity contribution < 1.29 is 43.8 Å². The van der Waals surface area contributed by atoms with E-state index in [1.807, 2.05) is 18.2 Å². The van der Waals surface area contributed by atoms with Gasteiger partial charge in [0.25, 0.3) is 0 Å². The number of phenols is 1. The zero-order chi connectivity index (χ0) is 43.6. The zero-order valence-electron chi connectivity index (χ0n) is 32.5. The van der Waals surface area contributed by atoms with Crippen molar-refractivity contribution in [2.75, 3.05) is 24.6 Å². The lowest BCUT2D eigenvalue weighted by Gasteiger charge is -2.27. The minimum Gasteiger partial charge on any atom is -0.508 e. The molecule has 1 aromatic heterocycles. The lowest BCUT2D eigenvalue weighted by Crippen LogP contribution is -2.61. The number of thiol groups is 2. The van der Waals surface area contributed by atoms with Crippen molar-refractivity contribution in [1.82, 2.24) is 36.9 Å². The Morgan fingerprint density at radius 3 is 1.80 bits per heavy atom. The third-order valence-corrected chi connectivity index (χ3v) is 9.97. The van der Waals surface area contributed by atoms with Crippen LogP contribution in [-0.4, -0.2) is 123 Å². The van der Waals surface area contributed by atoms with Crippen LogP contribution in [0.5, 0.6) is 5.75 Å². The van der Waals surface area contributed by atoms with E-state index in [0.717, 1.165) is 10.9 Å². The van der Waals surface area contributed by atoms with Crippen molar-refractivity contribution in [3.8, 4) is 5.75 Å². The molecule has 0 bridgehead atoms. The monoisotopic (exact) mass is 858 g/mol. The first-order valence-corrected chi connectivity index (χ1v) is 20.1. The molecular weight excluding hydrogens is 805 g/mol. The lowest BCUT2D eigenvalue weighted by atomic mass is 10.0. The number of nitrogens with two attached hydrogens (primary N) is 3. The number of primary amides is 1. The second-order valence-electron chi connectivity index (χ2n) is 13.8. The van der Waals surface area contributed by atoms with Crippen LogP contribution in [-0.2, 0) is 46.4 Å². The largest absolute Gasteiger partial charge is 0.508 e. The van der Waals surface area contributed by atoms with Gasteiger partial charge in [-0.2, -0.15) is 25.3 Å². The third kappa shape index (κ3) is 14.8. The SMILES string of the molecule is C[C@@H](O)[C@H](NC(=O)[C@H](CS)NC(=O)[C@H](CCCCN)NC(=O)[C@@H](Cc1c[nH]c2ccccc12)NC(=O)[C@H](Cc1ccc(O)cc1)NC(=O)[C@H](CS)NC(=O)CN)C(N)=O. The number of aromatic amines is 1. The van der Waals surface area contributed by atoms with Crippen LogP contribution in [0.15, 0.2) is 54.7 Å². The normalized spacial score (nSPS) is 14.7. The highest BCUT2D eigenvalue weighted by Gasteiger charge is 2.34. The summed E-state index contributed by atoms with van der Waals surface area (Å²) in [6, 6.07) is 5.30. The first-order chi connectivity index (χ1) is 28.1. The van der Waals surface area contributed by atoms with Crippen LogP contribution in [0.2, 0.25) is 0 Å². The summed E-state index contributed by atoms with van der Waals surface area (Å²) in [6.45, 7) is 1.14. The van der Waals surface area contributed by atoms with Gasteiger partial charge in [0.1, 0.15) is 42.0 Å². The third-order valence-electron chi connectivity index (χ3n) is 9.24. The predicted octanol–water partition coefficient (Wildman–Crippen LogP) is -2.62. The summed E-state index contributed by atoms with van der Waals surface area (Å²) in [5.74, 6) is -6.02. The zero-order valence-corrected chi connectivity index (χ0v) is 34.3. The minimum absolute atomic E-state index is 0.0325. The van der Waals surface area contributed by atoms with E-state index in [1.54, 1.807) is 24.4 Å². The topological polar surface area (TPSA) is 326 Å². The number of carbonyl (C=O) groups excluding carboxylic acids is 7. The summed E-state index contributed by atoms with van der Waals surface area (Å²) >= 11 is 8.34. The van der Waals surface area contributed by atoms with Gasteiger partial charge in [-0.05, 0) is 62.1 Å². The van der Waals surface area contributed by atoms with Crippen molar-refractivity contribution in [3.63, 3.8) is 0 Å². The number of carbonyl (C=O) groups is 7. The number of amides is 7. The predicted molar refractivity (Wildman–Crippen MR) is 226 cm³/mol. The highest BCUT2D eigenvalue weighted by atomic mass is 32.1. The van der Waals surface area contributed by atoms with Crippen LogP contribution in [0, 0.1) is 0 Å².